The number of nitriles is 1. The standard InChI is InChI=1S/C14H15F3N2O/c1-20-8-13(9-2-3-9)19-11-5-4-10(7-18)12(6-11)14(15,16)17/h4-6,9,13,19H,2-3,8H2,1H3. The third kappa shape index (κ3) is 3.42. The van der Waals surface area contributed by atoms with Crippen molar-refractivity contribution in [2.24, 2.45) is 5.92 Å². The van der Waals surface area contributed by atoms with Gasteiger partial charge >= 0.3 is 6.18 Å². The van der Waals surface area contributed by atoms with Crippen LogP contribution in [0.4, 0.5) is 18.9 Å². The zero-order valence-electron chi connectivity index (χ0n) is 11.0. The van der Waals surface area contributed by atoms with Crippen molar-refractivity contribution in [2.75, 3.05) is 19.0 Å². The molecule has 0 aliphatic heterocycles. The van der Waals surface area contributed by atoms with Crippen molar-refractivity contribution in [2.45, 2.75) is 25.1 Å². The van der Waals surface area contributed by atoms with E-state index in [2.05, 4.69) is 5.32 Å². The molecule has 1 saturated carbocycles. The maximum absolute atomic E-state index is 12.9. The lowest BCUT2D eigenvalue weighted by Gasteiger charge is -2.20. The van der Waals surface area contributed by atoms with Crippen molar-refractivity contribution >= 4 is 5.69 Å². The Morgan fingerprint density at radius 1 is 1.45 bits per heavy atom. The summed E-state index contributed by atoms with van der Waals surface area (Å²) in [6.45, 7) is 0.450. The third-order valence-corrected chi connectivity index (χ3v) is 3.33. The molecule has 108 valence electrons. The summed E-state index contributed by atoms with van der Waals surface area (Å²) in [4.78, 5) is 0. The van der Waals surface area contributed by atoms with Crippen LogP contribution in [0.5, 0.6) is 0 Å². The maximum atomic E-state index is 12.9. The predicted octanol–water partition coefficient (Wildman–Crippen LogP) is 3.41. The van der Waals surface area contributed by atoms with E-state index in [4.69, 9.17) is 10.00 Å². The minimum atomic E-state index is -4.53. The SMILES string of the molecule is COCC(Nc1ccc(C#N)c(C(F)(F)F)c1)C1CC1. The van der Waals surface area contributed by atoms with E-state index in [-0.39, 0.29) is 11.6 Å². The third-order valence-electron chi connectivity index (χ3n) is 3.33. The Balaban J connectivity index is 2.22. The average Bonchev–Trinajstić information content (AvgIpc) is 3.21. The predicted molar refractivity (Wildman–Crippen MR) is 68.2 cm³/mol. The second-order valence-corrected chi connectivity index (χ2v) is 4.91. The molecule has 0 aromatic heterocycles. The number of methoxy groups -OCH3 is 1. The van der Waals surface area contributed by atoms with Crippen molar-refractivity contribution in [3.8, 4) is 6.07 Å². The molecule has 1 fully saturated rings. The van der Waals surface area contributed by atoms with E-state index in [1.54, 1.807) is 13.2 Å². The van der Waals surface area contributed by atoms with Gasteiger partial charge in [-0.15, -0.1) is 0 Å². The Morgan fingerprint density at radius 3 is 2.65 bits per heavy atom. The first kappa shape index (κ1) is 14.7. The van der Waals surface area contributed by atoms with E-state index < -0.39 is 11.7 Å². The molecular weight excluding hydrogens is 269 g/mol. The van der Waals surface area contributed by atoms with Crippen LogP contribution in [0.2, 0.25) is 0 Å². The molecule has 0 amide bonds. The number of halogens is 3. The molecule has 0 saturated heterocycles. The van der Waals surface area contributed by atoms with Crippen molar-refractivity contribution < 1.29 is 17.9 Å². The number of rotatable bonds is 5. The molecule has 1 aliphatic rings. The number of nitrogens with one attached hydrogen (secondary N) is 1. The monoisotopic (exact) mass is 284 g/mol. The van der Waals surface area contributed by atoms with Crippen LogP contribution in [0.25, 0.3) is 0 Å². The molecule has 1 aromatic rings. The summed E-state index contributed by atoms with van der Waals surface area (Å²) in [5, 5.41) is 11.8. The Kier molecular flexibility index (Phi) is 4.19. The van der Waals surface area contributed by atoms with E-state index in [1.165, 1.54) is 12.1 Å². The largest absolute Gasteiger partial charge is 0.417 e. The Morgan fingerprint density at radius 2 is 2.15 bits per heavy atom. The first-order valence-corrected chi connectivity index (χ1v) is 6.32. The van der Waals surface area contributed by atoms with Crippen molar-refractivity contribution in [3.05, 3.63) is 29.3 Å². The molecule has 1 aliphatic carbocycles. The molecule has 0 heterocycles. The molecule has 1 atom stereocenters. The van der Waals surface area contributed by atoms with Crippen molar-refractivity contribution in [3.63, 3.8) is 0 Å². The molecule has 1 unspecified atom stereocenters. The van der Waals surface area contributed by atoms with Gasteiger partial charge in [-0.25, -0.2) is 0 Å². The lowest BCUT2D eigenvalue weighted by Crippen LogP contribution is -2.27. The van der Waals surface area contributed by atoms with Gasteiger partial charge in [0.15, 0.2) is 0 Å². The smallest absolute Gasteiger partial charge is 0.383 e. The van der Waals surface area contributed by atoms with Crippen LogP contribution in [0, 0.1) is 17.2 Å². The highest BCUT2D eigenvalue weighted by Gasteiger charge is 2.35. The van der Waals surface area contributed by atoms with Gasteiger partial charge < -0.3 is 10.1 Å². The van der Waals surface area contributed by atoms with E-state index in [0.717, 1.165) is 18.9 Å². The van der Waals surface area contributed by atoms with Gasteiger partial charge in [-0.1, -0.05) is 0 Å². The van der Waals surface area contributed by atoms with Crippen LogP contribution >= 0.6 is 0 Å². The second kappa shape index (κ2) is 5.71. The van der Waals surface area contributed by atoms with Gasteiger partial charge in [0.2, 0.25) is 0 Å². The summed E-state index contributed by atoms with van der Waals surface area (Å²) in [6, 6.07) is 5.26. The molecule has 2 rings (SSSR count). The van der Waals surface area contributed by atoms with Gasteiger partial charge in [0.05, 0.1) is 29.8 Å². The lowest BCUT2D eigenvalue weighted by atomic mass is 10.1. The Bertz CT molecular complexity index is 518. The van der Waals surface area contributed by atoms with Gasteiger partial charge in [0, 0.05) is 12.8 Å². The zero-order valence-corrected chi connectivity index (χ0v) is 11.0. The number of nitrogens with zero attached hydrogens (tertiary/aromatic N) is 1. The molecule has 0 bridgehead atoms. The van der Waals surface area contributed by atoms with Gasteiger partial charge in [-0.2, -0.15) is 18.4 Å². The summed E-state index contributed by atoms with van der Waals surface area (Å²) in [6.07, 6.45) is -2.41. The first-order chi connectivity index (χ1) is 9.45. The fourth-order valence-corrected chi connectivity index (χ4v) is 2.15. The fourth-order valence-electron chi connectivity index (χ4n) is 2.15. The van der Waals surface area contributed by atoms with Gasteiger partial charge in [-0.3, -0.25) is 0 Å². The summed E-state index contributed by atoms with van der Waals surface area (Å²) in [5.41, 5.74) is -0.903. The number of alkyl halides is 3. The number of ether oxygens (including phenoxy) is 1. The molecule has 1 aromatic carbocycles. The molecule has 20 heavy (non-hydrogen) atoms. The Labute approximate surface area is 115 Å². The number of anilines is 1. The van der Waals surface area contributed by atoms with Gasteiger partial charge in [0.25, 0.3) is 0 Å². The normalized spacial score (nSPS) is 16.6. The molecule has 6 heteroatoms. The molecular formula is C14H15F3N2O. The highest BCUT2D eigenvalue weighted by atomic mass is 19.4. The number of benzene rings is 1. The van der Waals surface area contributed by atoms with Crippen LogP contribution in [0.3, 0.4) is 0 Å². The van der Waals surface area contributed by atoms with Crippen LogP contribution in [-0.2, 0) is 10.9 Å². The number of hydrogen-bond donors (Lipinski definition) is 1. The molecule has 0 spiro atoms. The summed E-state index contributed by atoms with van der Waals surface area (Å²) < 4.78 is 43.7. The van der Waals surface area contributed by atoms with E-state index in [1.807, 2.05) is 0 Å². The minimum absolute atomic E-state index is 0.00835. The van der Waals surface area contributed by atoms with E-state index in [9.17, 15) is 13.2 Å². The summed E-state index contributed by atoms with van der Waals surface area (Å²) in [5.74, 6) is 0.444. The summed E-state index contributed by atoms with van der Waals surface area (Å²) >= 11 is 0. The van der Waals surface area contributed by atoms with Gasteiger partial charge in [0.1, 0.15) is 0 Å². The second-order valence-electron chi connectivity index (χ2n) is 4.91. The van der Waals surface area contributed by atoms with Crippen LogP contribution in [0.1, 0.15) is 24.0 Å². The van der Waals surface area contributed by atoms with Crippen LogP contribution < -0.4 is 5.32 Å². The highest BCUT2D eigenvalue weighted by molar-refractivity contribution is 5.53. The quantitative estimate of drug-likeness (QED) is 0.901. The van der Waals surface area contributed by atoms with Crippen LogP contribution in [0.15, 0.2) is 18.2 Å². The zero-order chi connectivity index (χ0) is 14.8. The van der Waals surface area contributed by atoms with Gasteiger partial charge in [-0.05, 0) is 37.0 Å². The topological polar surface area (TPSA) is 45.0 Å². The van der Waals surface area contributed by atoms with E-state index >= 15 is 0 Å². The molecule has 3 nitrogen and oxygen atoms in total. The van der Waals surface area contributed by atoms with Crippen LogP contribution in [-0.4, -0.2) is 19.8 Å². The lowest BCUT2D eigenvalue weighted by molar-refractivity contribution is -0.137. The first-order valence-electron chi connectivity index (χ1n) is 6.32. The average molecular weight is 284 g/mol. The fraction of sp³-hybridized carbons (Fsp3) is 0.500. The summed E-state index contributed by atoms with van der Waals surface area (Å²) in [7, 11) is 1.57. The van der Waals surface area contributed by atoms with E-state index in [0.29, 0.717) is 18.2 Å². The number of hydrogen-bond acceptors (Lipinski definition) is 3. The Hall–Kier alpha value is -1.74. The molecule has 1 N–H and O–H groups in total. The highest BCUT2D eigenvalue weighted by Crippen LogP contribution is 2.36. The molecule has 0 radical (unpaired) electrons. The van der Waals surface area contributed by atoms with Crippen molar-refractivity contribution in [1.29, 1.82) is 5.26 Å². The minimum Gasteiger partial charge on any atom is -0.383 e. The maximum Gasteiger partial charge on any atom is 0.417 e. The van der Waals surface area contributed by atoms with Crippen molar-refractivity contribution in [1.82, 2.24) is 0 Å².